The van der Waals surface area contributed by atoms with Gasteiger partial charge in [0.05, 0.1) is 10.6 Å². The first-order valence-electron chi connectivity index (χ1n) is 8.73. The van der Waals surface area contributed by atoms with E-state index < -0.39 is 0 Å². The van der Waals surface area contributed by atoms with Gasteiger partial charge < -0.3 is 4.90 Å². The zero-order valence-corrected chi connectivity index (χ0v) is 15.3. The third-order valence-electron chi connectivity index (χ3n) is 4.85. The van der Waals surface area contributed by atoms with Gasteiger partial charge in [0.15, 0.2) is 5.65 Å². The largest absolute Gasteiger partial charge is 0.339 e. The van der Waals surface area contributed by atoms with E-state index in [-0.39, 0.29) is 5.91 Å². The number of carbonyl (C=O) groups is 1. The predicted octanol–water partition coefficient (Wildman–Crippen LogP) is 4.01. The number of aryl methyl sites for hydroxylation is 1. The minimum absolute atomic E-state index is 0.0578. The van der Waals surface area contributed by atoms with Crippen LogP contribution in [0, 0.1) is 6.92 Å². The second-order valence-corrected chi connectivity index (χ2v) is 7.19. The van der Waals surface area contributed by atoms with Crippen LogP contribution >= 0.6 is 11.6 Å². The SMILES string of the molecule is Cc1cncc(C(=O)N2CCC(c3ccc4cc(Cl)cnc4n3)CC2)c1. The third-order valence-corrected chi connectivity index (χ3v) is 5.06. The maximum atomic E-state index is 12.6. The van der Waals surface area contributed by atoms with Gasteiger partial charge in [-0.15, -0.1) is 0 Å². The van der Waals surface area contributed by atoms with E-state index in [1.54, 1.807) is 18.6 Å². The van der Waals surface area contributed by atoms with E-state index in [0.29, 0.717) is 16.5 Å². The highest BCUT2D eigenvalue weighted by atomic mass is 35.5. The molecule has 0 spiro atoms. The van der Waals surface area contributed by atoms with Crippen molar-refractivity contribution in [1.29, 1.82) is 0 Å². The molecule has 26 heavy (non-hydrogen) atoms. The summed E-state index contributed by atoms with van der Waals surface area (Å²) in [5.74, 6) is 0.402. The Labute approximate surface area is 157 Å². The van der Waals surface area contributed by atoms with Crippen LogP contribution in [0.4, 0.5) is 0 Å². The molecule has 4 rings (SSSR count). The summed E-state index contributed by atoms with van der Waals surface area (Å²) in [5.41, 5.74) is 3.42. The van der Waals surface area contributed by atoms with Gasteiger partial charge in [-0.2, -0.15) is 0 Å². The number of amides is 1. The van der Waals surface area contributed by atoms with Crippen molar-refractivity contribution in [2.45, 2.75) is 25.7 Å². The first-order valence-corrected chi connectivity index (χ1v) is 9.11. The minimum Gasteiger partial charge on any atom is -0.339 e. The van der Waals surface area contributed by atoms with E-state index in [1.807, 2.05) is 36.1 Å². The molecular weight excluding hydrogens is 348 g/mol. The Morgan fingerprint density at radius 3 is 2.73 bits per heavy atom. The van der Waals surface area contributed by atoms with Gasteiger partial charge in [0.1, 0.15) is 0 Å². The number of aromatic nitrogens is 3. The van der Waals surface area contributed by atoms with Crippen LogP contribution in [0.2, 0.25) is 5.02 Å². The minimum atomic E-state index is 0.0578. The molecule has 6 heteroatoms. The van der Waals surface area contributed by atoms with Crippen molar-refractivity contribution in [3.8, 4) is 0 Å². The Hall–Kier alpha value is -2.53. The molecule has 0 unspecified atom stereocenters. The number of nitrogens with zero attached hydrogens (tertiary/aromatic N) is 4. The molecule has 1 aliphatic heterocycles. The highest BCUT2D eigenvalue weighted by Gasteiger charge is 2.25. The predicted molar refractivity (Wildman–Crippen MR) is 101 cm³/mol. The first kappa shape index (κ1) is 16.9. The van der Waals surface area contributed by atoms with Crippen molar-refractivity contribution < 1.29 is 4.79 Å². The lowest BCUT2D eigenvalue weighted by Crippen LogP contribution is -2.38. The van der Waals surface area contributed by atoms with E-state index in [9.17, 15) is 4.79 Å². The number of carbonyl (C=O) groups excluding carboxylic acids is 1. The van der Waals surface area contributed by atoms with Crippen molar-refractivity contribution in [3.63, 3.8) is 0 Å². The number of halogens is 1. The van der Waals surface area contributed by atoms with Crippen molar-refractivity contribution in [2.24, 2.45) is 0 Å². The van der Waals surface area contributed by atoms with Crippen LogP contribution < -0.4 is 0 Å². The Kier molecular flexibility index (Phi) is 4.55. The van der Waals surface area contributed by atoms with E-state index in [0.717, 1.165) is 48.2 Å². The number of hydrogen-bond acceptors (Lipinski definition) is 4. The van der Waals surface area contributed by atoms with Crippen LogP contribution in [0.5, 0.6) is 0 Å². The lowest BCUT2D eigenvalue weighted by Gasteiger charge is -2.31. The average Bonchev–Trinajstić information content (AvgIpc) is 2.67. The van der Waals surface area contributed by atoms with Crippen LogP contribution in [-0.4, -0.2) is 38.8 Å². The van der Waals surface area contributed by atoms with E-state index in [4.69, 9.17) is 16.6 Å². The molecule has 1 amide bonds. The van der Waals surface area contributed by atoms with Gasteiger partial charge in [-0.25, -0.2) is 9.97 Å². The molecule has 0 atom stereocenters. The quantitative estimate of drug-likeness (QED) is 0.687. The van der Waals surface area contributed by atoms with E-state index in [2.05, 4.69) is 9.97 Å². The zero-order chi connectivity index (χ0) is 18.1. The smallest absolute Gasteiger partial charge is 0.255 e. The molecule has 1 saturated heterocycles. The van der Waals surface area contributed by atoms with Crippen molar-refractivity contribution in [3.05, 3.63) is 64.7 Å². The Balaban J connectivity index is 1.46. The number of piperidine rings is 1. The summed E-state index contributed by atoms with van der Waals surface area (Å²) < 4.78 is 0. The summed E-state index contributed by atoms with van der Waals surface area (Å²) in [6.45, 7) is 3.40. The summed E-state index contributed by atoms with van der Waals surface area (Å²) in [5, 5.41) is 1.56. The van der Waals surface area contributed by atoms with Crippen LogP contribution in [-0.2, 0) is 0 Å². The van der Waals surface area contributed by atoms with Gasteiger partial charge in [-0.05, 0) is 49.6 Å². The molecular formula is C20H19ClN4O. The lowest BCUT2D eigenvalue weighted by atomic mass is 9.92. The summed E-state index contributed by atoms with van der Waals surface area (Å²) >= 11 is 5.98. The van der Waals surface area contributed by atoms with Crippen molar-refractivity contribution in [1.82, 2.24) is 19.9 Å². The molecule has 0 bridgehead atoms. The number of likely N-dealkylation sites (tertiary alicyclic amines) is 1. The fourth-order valence-electron chi connectivity index (χ4n) is 3.46. The molecule has 3 aromatic rings. The van der Waals surface area contributed by atoms with Crippen LogP contribution in [0.25, 0.3) is 11.0 Å². The summed E-state index contributed by atoms with van der Waals surface area (Å²) in [7, 11) is 0. The molecule has 5 nitrogen and oxygen atoms in total. The Bertz CT molecular complexity index is 967. The normalized spacial score (nSPS) is 15.4. The van der Waals surface area contributed by atoms with Gasteiger partial charge in [-0.3, -0.25) is 9.78 Å². The van der Waals surface area contributed by atoms with Gasteiger partial charge in [0, 0.05) is 48.7 Å². The standard InChI is InChI=1S/C20H19ClN4O/c1-13-8-16(11-22-10-13)20(26)25-6-4-14(5-7-25)18-3-2-15-9-17(21)12-23-19(15)24-18/h2-3,8-12,14H,4-7H2,1H3. The van der Waals surface area contributed by atoms with Crippen LogP contribution in [0.3, 0.4) is 0 Å². The lowest BCUT2D eigenvalue weighted by molar-refractivity contribution is 0.0711. The number of hydrogen-bond donors (Lipinski definition) is 0. The molecule has 4 heterocycles. The molecule has 132 valence electrons. The molecule has 1 aliphatic rings. The number of pyridine rings is 3. The second kappa shape index (κ2) is 7.00. The van der Waals surface area contributed by atoms with Gasteiger partial charge in [0.25, 0.3) is 5.91 Å². The molecule has 0 aromatic carbocycles. The highest BCUT2D eigenvalue weighted by molar-refractivity contribution is 6.31. The Morgan fingerprint density at radius 2 is 1.96 bits per heavy atom. The third kappa shape index (κ3) is 3.40. The number of fused-ring (bicyclic) bond motifs is 1. The van der Waals surface area contributed by atoms with E-state index in [1.165, 1.54) is 0 Å². The zero-order valence-electron chi connectivity index (χ0n) is 14.5. The van der Waals surface area contributed by atoms with Crippen molar-refractivity contribution >= 4 is 28.5 Å². The van der Waals surface area contributed by atoms with Gasteiger partial charge >= 0.3 is 0 Å². The number of rotatable bonds is 2. The van der Waals surface area contributed by atoms with Gasteiger partial charge in [-0.1, -0.05) is 11.6 Å². The molecule has 3 aromatic heterocycles. The first-order chi connectivity index (χ1) is 12.6. The molecule has 0 radical (unpaired) electrons. The van der Waals surface area contributed by atoms with Crippen molar-refractivity contribution in [2.75, 3.05) is 13.1 Å². The monoisotopic (exact) mass is 366 g/mol. The van der Waals surface area contributed by atoms with Gasteiger partial charge in [0.2, 0.25) is 0 Å². The topological polar surface area (TPSA) is 59.0 Å². The summed E-state index contributed by atoms with van der Waals surface area (Å²) in [4.78, 5) is 27.7. The van der Waals surface area contributed by atoms with E-state index >= 15 is 0 Å². The molecule has 1 fully saturated rings. The fourth-order valence-corrected chi connectivity index (χ4v) is 3.63. The maximum Gasteiger partial charge on any atom is 0.255 e. The summed E-state index contributed by atoms with van der Waals surface area (Å²) in [6, 6.07) is 7.83. The second-order valence-electron chi connectivity index (χ2n) is 6.75. The highest BCUT2D eigenvalue weighted by Crippen LogP contribution is 2.29. The summed E-state index contributed by atoms with van der Waals surface area (Å²) in [6.07, 6.45) is 6.82. The van der Waals surface area contributed by atoms with Crippen LogP contribution in [0.1, 0.15) is 40.4 Å². The Morgan fingerprint density at radius 1 is 1.15 bits per heavy atom. The molecule has 0 aliphatic carbocycles. The average molecular weight is 367 g/mol. The fraction of sp³-hybridized carbons (Fsp3) is 0.300. The maximum absolute atomic E-state index is 12.6. The molecule has 0 saturated carbocycles. The molecule has 0 N–H and O–H groups in total. The van der Waals surface area contributed by atoms with Crippen LogP contribution in [0.15, 0.2) is 42.9 Å².